The Morgan fingerprint density at radius 3 is 2.42 bits per heavy atom. The van der Waals surface area contributed by atoms with Gasteiger partial charge in [-0.2, -0.15) is 5.10 Å². The third-order valence-corrected chi connectivity index (χ3v) is 3.05. The van der Waals surface area contributed by atoms with Gasteiger partial charge in [0.05, 0.1) is 5.69 Å². The lowest BCUT2D eigenvalue weighted by atomic mass is 10.2. The quantitative estimate of drug-likeness (QED) is 0.801. The number of nitrogens with one attached hydrogen (secondary N) is 1. The molecule has 0 atom stereocenters. The minimum atomic E-state index is -0.217. The molecule has 0 saturated heterocycles. The SMILES string of the molecule is CC(C)N(CCNC(=O)c1nn(C)cc1N)C(C)C. The summed E-state index contributed by atoms with van der Waals surface area (Å²) in [5.74, 6) is -0.217. The zero-order valence-electron chi connectivity index (χ0n) is 12.5. The number of aryl methyl sites for hydroxylation is 1. The fourth-order valence-corrected chi connectivity index (χ4v) is 2.18. The van der Waals surface area contributed by atoms with Crippen molar-refractivity contribution < 1.29 is 4.79 Å². The first-order valence-electron chi connectivity index (χ1n) is 6.66. The molecule has 0 unspecified atom stereocenters. The number of nitrogens with two attached hydrogens (primary N) is 1. The molecule has 0 fully saturated rings. The van der Waals surface area contributed by atoms with Crippen molar-refractivity contribution in [3.8, 4) is 0 Å². The van der Waals surface area contributed by atoms with Crippen LogP contribution in [0.3, 0.4) is 0 Å². The predicted octanol–water partition coefficient (Wildman–Crippen LogP) is 0.851. The zero-order valence-corrected chi connectivity index (χ0v) is 12.5. The third kappa shape index (κ3) is 4.24. The summed E-state index contributed by atoms with van der Waals surface area (Å²) in [6, 6.07) is 0.911. The molecule has 0 spiro atoms. The Morgan fingerprint density at radius 1 is 1.42 bits per heavy atom. The second kappa shape index (κ2) is 6.56. The summed E-state index contributed by atoms with van der Waals surface area (Å²) >= 11 is 0. The van der Waals surface area contributed by atoms with Gasteiger partial charge in [-0.25, -0.2) is 0 Å². The van der Waals surface area contributed by atoms with E-state index in [1.54, 1.807) is 17.9 Å². The Bertz CT molecular complexity index is 417. The van der Waals surface area contributed by atoms with Crippen molar-refractivity contribution >= 4 is 11.6 Å². The molecule has 0 radical (unpaired) electrons. The smallest absolute Gasteiger partial charge is 0.273 e. The number of hydrogen-bond donors (Lipinski definition) is 2. The van der Waals surface area contributed by atoms with Gasteiger partial charge < -0.3 is 11.1 Å². The lowest BCUT2D eigenvalue weighted by Gasteiger charge is -2.30. The van der Waals surface area contributed by atoms with E-state index >= 15 is 0 Å². The van der Waals surface area contributed by atoms with Crippen molar-refractivity contribution in [3.05, 3.63) is 11.9 Å². The van der Waals surface area contributed by atoms with Crippen molar-refractivity contribution in [2.24, 2.45) is 7.05 Å². The standard InChI is InChI=1S/C13H25N5O/c1-9(2)18(10(3)4)7-6-15-13(19)12-11(14)8-17(5)16-12/h8-10H,6-7,14H2,1-5H3,(H,15,19). The fourth-order valence-electron chi connectivity index (χ4n) is 2.18. The number of aromatic nitrogens is 2. The topological polar surface area (TPSA) is 76.2 Å². The minimum Gasteiger partial charge on any atom is -0.396 e. The molecule has 1 heterocycles. The van der Waals surface area contributed by atoms with Crippen molar-refractivity contribution in [3.63, 3.8) is 0 Å². The van der Waals surface area contributed by atoms with E-state index < -0.39 is 0 Å². The maximum absolute atomic E-state index is 11.9. The van der Waals surface area contributed by atoms with Gasteiger partial charge >= 0.3 is 0 Å². The van der Waals surface area contributed by atoms with E-state index in [4.69, 9.17) is 5.73 Å². The van der Waals surface area contributed by atoms with Crippen LogP contribution < -0.4 is 11.1 Å². The molecule has 3 N–H and O–H groups in total. The third-order valence-electron chi connectivity index (χ3n) is 3.05. The van der Waals surface area contributed by atoms with Crippen LogP contribution in [0.15, 0.2) is 6.20 Å². The normalized spacial score (nSPS) is 11.6. The molecule has 6 heteroatoms. The molecule has 1 aromatic heterocycles. The highest BCUT2D eigenvalue weighted by Gasteiger charge is 2.16. The molecule has 108 valence electrons. The number of amides is 1. The van der Waals surface area contributed by atoms with Crippen LogP contribution in [0.1, 0.15) is 38.2 Å². The molecule has 1 amide bonds. The Hall–Kier alpha value is -1.56. The summed E-state index contributed by atoms with van der Waals surface area (Å²) < 4.78 is 1.54. The minimum absolute atomic E-state index is 0.217. The van der Waals surface area contributed by atoms with E-state index in [0.29, 0.717) is 30.0 Å². The average molecular weight is 267 g/mol. The lowest BCUT2D eigenvalue weighted by Crippen LogP contribution is -2.42. The van der Waals surface area contributed by atoms with Gasteiger partial charge in [-0.15, -0.1) is 0 Å². The number of anilines is 1. The van der Waals surface area contributed by atoms with Crippen LogP contribution in [-0.4, -0.2) is 45.8 Å². The van der Waals surface area contributed by atoms with Crippen LogP contribution in [0.5, 0.6) is 0 Å². The molecule has 0 aliphatic rings. The monoisotopic (exact) mass is 267 g/mol. The molecule has 19 heavy (non-hydrogen) atoms. The number of nitrogen functional groups attached to an aromatic ring is 1. The van der Waals surface area contributed by atoms with Gasteiger partial charge in [0.2, 0.25) is 0 Å². The summed E-state index contributed by atoms with van der Waals surface area (Å²) in [6.45, 7) is 10.0. The average Bonchev–Trinajstić information content (AvgIpc) is 2.62. The van der Waals surface area contributed by atoms with Crippen molar-refractivity contribution in [2.45, 2.75) is 39.8 Å². The maximum atomic E-state index is 11.9. The Kier molecular flexibility index (Phi) is 5.35. The van der Waals surface area contributed by atoms with Crippen LogP contribution in [0.2, 0.25) is 0 Å². The van der Waals surface area contributed by atoms with E-state index in [2.05, 4.69) is 43.0 Å². The summed E-state index contributed by atoms with van der Waals surface area (Å²) in [5.41, 5.74) is 6.42. The Balaban J connectivity index is 2.49. The number of rotatable bonds is 6. The van der Waals surface area contributed by atoms with Crippen LogP contribution in [-0.2, 0) is 7.05 Å². The Morgan fingerprint density at radius 2 is 2.00 bits per heavy atom. The van der Waals surface area contributed by atoms with Gasteiger partial charge in [0, 0.05) is 38.4 Å². The highest BCUT2D eigenvalue weighted by Crippen LogP contribution is 2.07. The molecule has 0 saturated carbocycles. The highest BCUT2D eigenvalue weighted by atomic mass is 16.2. The van der Waals surface area contributed by atoms with E-state index in [1.165, 1.54) is 0 Å². The highest BCUT2D eigenvalue weighted by molar-refractivity contribution is 5.96. The summed E-state index contributed by atoms with van der Waals surface area (Å²) in [7, 11) is 1.74. The largest absolute Gasteiger partial charge is 0.396 e. The van der Waals surface area contributed by atoms with Gasteiger partial charge in [0.25, 0.3) is 5.91 Å². The zero-order chi connectivity index (χ0) is 14.6. The number of hydrogen-bond acceptors (Lipinski definition) is 4. The fraction of sp³-hybridized carbons (Fsp3) is 0.692. The van der Waals surface area contributed by atoms with E-state index in [-0.39, 0.29) is 5.91 Å². The van der Waals surface area contributed by atoms with Crippen LogP contribution in [0.25, 0.3) is 0 Å². The molecular weight excluding hydrogens is 242 g/mol. The Labute approximate surface area is 114 Å². The molecule has 0 aromatic carbocycles. The second-order valence-electron chi connectivity index (χ2n) is 5.29. The predicted molar refractivity (Wildman–Crippen MR) is 76.9 cm³/mol. The van der Waals surface area contributed by atoms with E-state index in [1.807, 2.05) is 0 Å². The molecule has 1 aromatic rings. The molecule has 6 nitrogen and oxygen atoms in total. The van der Waals surface area contributed by atoms with Crippen LogP contribution in [0, 0.1) is 0 Å². The van der Waals surface area contributed by atoms with Crippen LogP contribution in [0.4, 0.5) is 5.69 Å². The van der Waals surface area contributed by atoms with Gasteiger partial charge in [0.15, 0.2) is 5.69 Å². The number of carbonyl (C=O) groups excluding carboxylic acids is 1. The molecule has 1 rings (SSSR count). The lowest BCUT2D eigenvalue weighted by molar-refractivity contribution is 0.0934. The van der Waals surface area contributed by atoms with Crippen molar-refractivity contribution in [1.82, 2.24) is 20.0 Å². The first-order chi connectivity index (χ1) is 8.82. The van der Waals surface area contributed by atoms with Crippen molar-refractivity contribution in [2.75, 3.05) is 18.8 Å². The molecule has 0 aliphatic heterocycles. The number of carbonyl (C=O) groups is 1. The summed E-state index contributed by atoms with van der Waals surface area (Å²) in [6.07, 6.45) is 1.63. The van der Waals surface area contributed by atoms with E-state index in [9.17, 15) is 4.79 Å². The van der Waals surface area contributed by atoms with Crippen molar-refractivity contribution in [1.29, 1.82) is 0 Å². The summed E-state index contributed by atoms with van der Waals surface area (Å²) in [4.78, 5) is 14.2. The maximum Gasteiger partial charge on any atom is 0.273 e. The van der Waals surface area contributed by atoms with Gasteiger partial charge in [-0.3, -0.25) is 14.4 Å². The first kappa shape index (κ1) is 15.5. The van der Waals surface area contributed by atoms with Gasteiger partial charge in [-0.1, -0.05) is 0 Å². The van der Waals surface area contributed by atoms with Gasteiger partial charge in [0.1, 0.15) is 0 Å². The molecule has 0 aliphatic carbocycles. The molecule has 0 bridgehead atoms. The van der Waals surface area contributed by atoms with Gasteiger partial charge in [-0.05, 0) is 27.7 Å². The first-order valence-corrected chi connectivity index (χ1v) is 6.66. The summed E-state index contributed by atoms with van der Waals surface area (Å²) in [5, 5.41) is 6.90. The van der Waals surface area contributed by atoms with Crippen LogP contribution >= 0.6 is 0 Å². The van der Waals surface area contributed by atoms with E-state index in [0.717, 1.165) is 6.54 Å². The number of nitrogens with zero attached hydrogens (tertiary/aromatic N) is 3. The second-order valence-corrected chi connectivity index (χ2v) is 5.29. The molecular formula is C13H25N5O.